The number of rotatable bonds is 6. The van der Waals surface area contributed by atoms with Crippen molar-refractivity contribution in [3.05, 3.63) is 76.7 Å². The van der Waals surface area contributed by atoms with E-state index in [1.807, 2.05) is 38.1 Å². The smallest absolute Gasteiger partial charge is 0.205 e. The highest BCUT2D eigenvalue weighted by Gasteiger charge is 2.29. The number of pyridine rings is 1. The molecule has 0 saturated carbocycles. The molecule has 0 spiro atoms. The largest absolute Gasteiger partial charge is 0.387 e. The number of nitrogens with zero attached hydrogens (tertiary/aromatic N) is 6. The normalized spacial score (nSPS) is 16.0. The number of benzene rings is 2. The third-order valence-corrected chi connectivity index (χ3v) is 7.51. The van der Waals surface area contributed by atoms with Gasteiger partial charge in [0, 0.05) is 12.0 Å². The average Bonchev–Trinajstić information content (AvgIpc) is 3.66. The summed E-state index contributed by atoms with van der Waals surface area (Å²) in [5.74, 6) is 1.71. The van der Waals surface area contributed by atoms with Crippen molar-refractivity contribution in [1.29, 1.82) is 0 Å². The molecule has 8 nitrogen and oxygen atoms in total. The number of nitrogens with one attached hydrogen (secondary N) is 1. The van der Waals surface area contributed by atoms with Crippen molar-refractivity contribution in [1.82, 2.24) is 35.2 Å². The van der Waals surface area contributed by atoms with E-state index >= 15 is 0 Å². The van der Waals surface area contributed by atoms with Crippen LogP contribution in [0.1, 0.15) is 67.5 Å². The molecule has 5 aromatic rings. The lowest BCUT2D eigenvalue weighted by atomic mass is 9.96. The molecule has 8 heteroatoms. The first kappa shape index (κ1) is 23.5. The number of imidazole rings is 1. The number of H-pyrrole nitrogens is 1. The Morgan fingerprint density at radius 3 is 2.62 bits per heavy atom. The van der Waals surface area contributed by atoms with Crippen LogP contribution in [-0.2, 0) is 12.8 Å². The van der Waals surface area contributed by atoms with Gasteiger partial charge in [0.25, 0.3) is 0 Å². The van der Waals surface area contributed by atoms with Gasteiger partial charge >= 0.3 is 0 Å². The van der Waals surface area contributed by atoms with Crippen LogP contribution in [0.25, 0.3) is 33.7 Å². The van der Waals surface area contributed by atoms with E-state index in [4.69, 9.17) is 9.97 Å². The highest BCUT2D eigenvalue weighted by molar-refractivity contribution is 5.81. The fourth-order valence-electron chi connectivity index (χ4n) is 5.59. The maximum atomic E-state index is 10.8. The third kappa shape index (κ3) is 3.92. The Morgan fingerprint density at radius 2 is 1.89 bits per heavy atom. The molecule has 6 rings (SSSR count). The predicted octanol–water partition coefficient (Wildman–Crippen LogP) is 5.37. The summed E-state index contributed by atoms with van der Waals surface area (Å²) in [4.78, 5) is 9.97. The van der Waals surface area contributed by atoms with E-state index in [9.17, 15) is 5.11 Å². The van der Waals surface area contributed by atoms with Gasteiger partial charge < -0.3 is 9.67 Å². The highest BCUT2D eigenvalue weighted by Crippen LogP contribution is 2.41. The molecule has 1 aliphatic rings. The molecule has 0 bridgehead atoms. The molecule has 37 heavy (non-hydrogen) atoms. The number of fused-ring (bicyclic) bond motifs is 2. The summed E-state index contributed by atoms with van der Waals surface area (Å²) in [6.07, 6.45) is 2.18. The Morgan fingerprint density at radius 1 is 1.08 bits per heavy atom. The number of aliphatic hydroxyl groups excluding tert-OH is 1. The van der Waals surface area contributed by atoms with E-state index in [0.29, 0.717) is 5.82 Å². The Bertz CT molecular complexity index is 1590. The molecular formula is C29H31N7O. The second-order valence-electron chi connectivity index (χ2n) is 10.2. The number of aliphatic hydroxyl groups is 1. The van der Waals surface area contributed by atoms with Crippen LogP contribution in [0.3, 0.4) is 0 Å². The van der Waals surface area contributed by atoms with Crippen LogP contribution >= 0.6 is 0 Å². The molecule has 3 aromatic heterocycles. The van der Waals surface area contributed by atoms with Crippen LogP contribution in [0.5, 0.6) is 0 Å². The molecular weight excluding hydrogens is 462 g/mol. The fraction of sp³-hybridized carbons (Fsp3) is 0.345. The molecule has 0 fully saturated rings. The van der Waals surface area contributed by atoms with Gasteiger partial charge in [-0.25, -0.2) is 9.97 Å². The standard InChI is InChI=1S/C29H31N7O/c1-5-25-31-26-17(4)14-23(27(37)16(2)3)30-29(26)36(25)24-13-11-19-15-18(10-12-21(19)24)20-8-6-7-9-22(20)28-32-34-35-33-28/h6-10,12,14-16,24,27,37H,5,11,13H2,1-4H3,(H,32,33,34,35)/t24?,27-/m0/s1. The van der Waals surface area contributed by atoms with E-state index in [2.05, 4.69) is 63.3 Å². The summed E-state index contributed by atoms with van der Waals surface area (Å²) in [5, 5.41) is 25.5. The maximum absolute atomic E-state index is 10.8. The second-order valence-corrected chi connectivity index (χ2v) is 10.2. The summed E-state index contributed by atoms with van der Waals surface area (Å²) in [7, 11) is 0. The summed E-state index contributed by atoms with van der Waals surface area (Å²) >= 11 is 0. The Labute approximate surface area is 215 Å². The first-order chi connectivity index (χ1) is 18.0. The van der Waals surface area contributed by atoms with E-state index in [-0.39, 0.29) is 12.0 Å². The van der Waals surface area contributed by atoms with Crippen LogP contribution in [0.2, 0.25) is 0 Å². The summed E-state index contributed by atoms with van der Waals surface area (Å²) in [5.41, 5.74) is 9.40. The van der Waals surface area contributed by atoms with Crippen molar-refractivity contribution < 1.29 is 5.11 Å². The van der Waals surface area contributed by atoms with E-state index < -0.39 is 6.10 Å². The lowest BCUT2D eigenvalue weighted by Crippen LogP contribution is -2.13. The first-order valence-corrected chi connectivity index (χ1v) is 13.0. The van der Waals surface area contributed by atoms with Crippen LogP contribution in [0.4, 0.5) is 0 Å². The lowest BCUT2D eigenvalue weighted by Gasteiger charge is -2.19. The number of tetrazole rings is 1. The zero-order chi connectivity index (χ0) is 25.7. The van der Waals surface area contributed by atoms with Crippen LogP contribution < -0.4 is 0 Å². The molecule has 2 aromatic carbocycles. The van der Waals surface area contributed by atoms with Crippen LogP contribution in [0, 0.1) is 12.8 Å². The van der Waals surface area contributed by atoms with Gasteiger partial charge in [-0.1, -0.05) is 63.2 Å². The second kappa shape index (κ2) is 9.19. The minimum absolute atomic E-state index is 0.0901. The molecule has 188 valence electrons. The fourth-order valence-corrected chi connectivity index (χ4v) is 5.59. The monoisotopic (exact) mass is 493 g/mol. The number of aromatic amines is 1. The molecule has 0 radical (unpaired) electrons. The van der Waals surface area contributed by atoms with Crippen molar-refractivity contribution >= 4 is 11.2 Å². The van der Waals surface area contributed by atoms with Crippen molar-refractivity contribution in [2.75, 3.05) is 0 Å². The van der Waals surface area contributed by atoms with Crippen molar-refractivity contribution in [3.8, 4) is 22.5 Å². The average molecular weight is 494 g/mol. The minimum Gasteiger partial charge on any atom is -0.387 e. The molecule has 0 saturated heterocycles. The van der Waals surface area contributed by atoms with Gasteiger partial charge in [-0.15, -0.1) is 10.2 Å². The molecule has 1 unspecified atom stereocenters. The van der Waals surface area contributed by atoms with Gasteiger partial charge in [-0.05, 0) is 64.8 Å². The predicted molar refractivity (Wildman–Crippen MR) is 143 cm³/mol. The molecule has 1 aliphatic carbocycles. The SMILES string of the molecule is CCc1nc2c(C)cc([C@@H](O)C(C)C)nc2n1C1CCc2cc(-c3ccccc3-c3nn[nH]n3)ccc21. The van der Waals surface area contributed by atoms with E-state index in [1.54, 1.807) is 0 Å². The summed E-state index contributed by atoms with van der Waals surface area (Å²) in [6, 6.07) is 17.0. The van der Waals surface area contributed by atoms with E-state index in [1.165, 1.54) is 11.1 Å². The third-order valence-electron chi connectivity index (χ3n) is 7.51. The zero-order valence-electron chi connectivity index (χ0n) is 21.6. The quantitative estimate of drug-likeness (QED) is 0.329. The van der Waals surface area contributed by atoms with E-state index in [0.717, 1.165) is 64.2 Å². The maximum Gasteiger partial charge on any atom is 0.205 e. The minimum atomic E-state index is -0.603. The molecule has 3 heterocycles. The van der Waals surface area contributed by atoms with Gasteiger partial charge in [0.05, 0.1) is 17.8 Å². The molecule has 0 amide bonds. The molecule has 2 N–H and O–H groups in total. The highest BCUT2D eigenvalue weighted by atomic mass is 16.3. The molecule has 0 aliphatic heterocycles. The lowest BCUT2D eigenvalue weighted by molar-refractivity contribution is 0.122. The van der Waals surface area contributed by atoms with Gasteiger partial charge in [-0.3, -0.25) is 0 Å². The van der Waals surface area contributed by atoms with Crippen molar-refractivity contribution in [2.45, 2.75) is 59.1 Å². The topological polar surface area (TPSA) is 105 Å². The van der Waals surface area contributed by atoms with Gasteiger partial charge in [-0.2, -0.15) is 5.21 Å². The van der Waals surface area contributed by atoms with Gasteiger partial charge in [0.15, 0.2) is 5.65 Å². The zero-order valence-corrected chi connectivity index (χ0v) is 21.6. The Balaban J connectivity index is 1.45. The number of hydrogen-bond acceptors (Lipinski definition) is 6. The van der Waals surface area contributed by atoms with Crippen LogP contribution in [0.15, 0.2) is 48.5 Å². The van der Waals surface area contributed by atoms with Crippen LogP contribution in [-0.4, -0.2) is 40.3 Å². The number of hydrogen-bond donors (Lipinski definition) is 2. The summed E-state index contributed by atoms with van der Waals surface area (Å²) < 4.78 is 2.32. The van der Waals surface area contributed by atoms with Gasteiger partial charge in [0.1, 0.15) is 11.3 Å². The molecule has 2 atom stereocenters. The Kier molecular flexibility index (Phi) is 5.83. The summed E-state index contributed by atoms with van der Waals surface area (Å²) in [6.45, 7) is 8.24. The van der Waals surface area contributed by atoms with Crippen molar-refractivity contribution in [2.24, 2.45) is 5.92 Å². The van der Waals surface area contributed by atoms with Crippen molar-refractivity contribution in [3.63, 3.8) is 0 Å². The number of aromatic nitrogens is 7. The van der Waals surface area contributed by atoms with Gasteiger partial charge in [0.2, 0.25) is 5.82 Å². The Hall–Kier alpha value is -3.91. The first-order valence-electron chi connectivity index (χ1n) is 13.0. The number of aryl methyl sites for hydroxylation is 3.